The summed E-state index contributed by atoms with van der Waals surface area (Å²) < 4.78 is 13.0. The van der Waals surface area contributed by atoms with Gasteiger partial charge in [0.2, 0.25) is 0 Å². The number of rotatable bonds is 13. The number of benzene rings is 1. The molecule has 0 spiro atoms. The number of fused-ring (bicyclic) bond motifs is 1. The van der Waals surface area contributed by atoms with Crippen LogP contribution in [0.15, 0.2) is 42.7 Å². The first kappa shape index (κ1) is 29.2. The van der Waals surface area contributed by atoms with Crippen LogP contribution in [0.25, 0.3) is 5.57 Å². The Labute approximate surface area is 219 Å². The van der Waals surface area contributed by atoms with Crippen molar-refractivity contribution in [2.45, 2.75) is 85.2 Å². The summed E-state index contributed by atoms with van der Waals surface area (Å²) in [7, 11) is 0. The second kappa shape index (κ2) is 13.9. The molecular formula is C30H45ClN2O2. The number of aromatic nitrogens is 1. The summed E-state index contributed by atoms with van der Waals surface area (Å²) in [6.07, 6.45) is 12.3. The van der Waals surface area contributed by atoms with E-state index in [0.717, 1.165) is 47.8 Å². The van der Waals surface area contributed by atoms with Gasteiger partial charge in [-0.25, -0.2) is 0 Å². The first-order chi connectivity index (χ1) is 16.4. The first-order valence-electron chi connectivity index (χ1n) is 13.2. The van der Waals surface area contributed by atoms with E-state index in [1.165, 1.54) is 37.7 Å². The van der Waals surface area contributed by atoms with Crippen LogP contribution in [0, 0.1) is 0 Å². The largest absolute Gasteiger partial charge is 0.491 e. The summed E-state index contributed by atoms with van der Waals surface area (Å²) in [6.45, 7) is 16.9. The highest BCUT2D eigenvalue weighted by molar-refractivity contribution is 5.88. The van der Waals surface area contributed by atoms with Gasteiger partial charge in [-0.15, -0.1) is 12.4 Å². The van der Waals surface area contributed by atoms with Gasteiger partial charge in [-0.3, -0.25) is 4.98 Å². The molecule has 2 heterocycles. The lowest BCUT2D eigenvalue weighted by molar-refractivity contribution is 0.156. The van der Waals surface area contributed by atoms with Crippen LogP contribution in [0.4, 0.5) is 0 Å². The van der Waals surface area contributed by atoms with E-state index in [1.54, 1.807) is 0 Å². The van der Waals surface area contributed by atoms with Crippen molar-refractivity contribution in [3.63, 3.8) is 0 Å². The van der Waals surface area contributed by atoms with Crippen molar-refractivity contribution in [1.82, 2.24) is 9.88 Å². The van der Waals surface area contributed by atoms with E-state index in [1.807, 2.05) is 12.4 Å². The van der Waals surface area contributed by atoms with E-state index in [4.69, 9.17) is 9.47 Å². The lowest BCUT2D eigenvalue weighted by Crippen LogP contribution is -2.30. The molecule has 0 saturated heterocycles. The highest BCUT2D eigenvalue weighted by Gasteiger charge is 2.31. The van der Waals surface area contributed by atoms with Crippen molar-refractivity contribution in [2.75, 3.05) is 26.2 Å². The van der Waals surface area contributed by atoms with E-state index >= 15 is 0 Å². The number of pyridine rings is 1. The van der Waals surface area contributed by atoms with Gasteiger partial charge in [0.25, 0.3) is 0 Å². The third-order valence-corrected chi connectivity index (χ3v) is 6.83. The fraction of sp³-hybridized carbons (Fsp3) is 0.567. The standard InChI is InChI=1S/C30H44N2O2.ClH/c1-7-10-11-12-13-23(4)25-20-27(33-19-18-32(8-2)9-3)29-26(24-14-16-31-17-15-24)22-30(5,6)34-28(29)21-25;/h14-17,20-23H,7-13,18-19H2,1-6H3;1H. The number of hydrogen-bond donors (Lipinski definition) is 0. The molecule has 0 amide bonds. The predicted molar refractivity (Wildman–Crippen MR) is 150 cm³/mol. The summed E-state index contributed by atoms with van der Waals surface area (Å²) in [6, 6.07) is 8.66. The third-order valence-electron chi connectivity index (χ3n) is 6.83. The molecule has 0 fully saturated rings. The van der Waals surface area contributed by atoms with Gasteiger partial charge in [-0.05, 0) is 86.3 Å². The maximum atomic E-state index is 6.53. The maximum Gasteiger partial charge on any atom is 0.132 e. The Bertz CT molecular complexity index is 939. The molecule has 1 aromatic heterocycles. The summed E-state index contributed by atoms with van der Waals surface area (Å²) in [5.74, 6) is 2.32. The average Bonchev–Trinajstić information content (AvgIpc) is 2.83. The normalized spacial score (nSPS) is 15.0. The summed E-state index contributed by atoms with van der Waals surface area (Å²) in [5.41, 5.74) is 4.27. The molecule has 0 bridgehead atoms. The molecule has 4 nitrogen and oxygen atoms in total. The zero-order valence-corrected chi connectivity index (χ0v) is 23.4. The number of halogens is 1. The molecule has 3 rings (SSSR count). The summed E-state index contributed by atoms with van der Waals surface area (Å²) in [4.78, 5) is 6.62. The molecule has 1 aliphatic rings. The van der Waals surface area contributed by atoms with Gasteiger partial charge >= 0.3 is 0 Å². The van der Waals surface area contributed by atoms with Gasteiger partial charge in [0, 0.05) is 18.9 Å². The molecular weight excluding hydrogens is 456 g/mol. The predicted octanol–water partition coefficient (Wildman–Crippen LogP) is 7.90. The minimum Gasteiger partial charge on any atom is -0.491 e. The van der Waals surface area contributed by atoms with Crippen LogP contribution >= 0.6 is 12.4 Å². The van der Waals surface area contributed by atoms with Gasteiger partial charge in [0.1, 0.15) is 23.7 Å². The van der Waals surface area contributed by atoms with Crippen LogP contribution in [-0.4, -0.2) is 41.7 Å². The van der Waals surface area contributed by atoms with E-state index in [-0.39, 0.29) is 12.4 Å². The molecule has 0 aliphatic carbocycles. The molecule has 1 atom stereocenters. The van der Waals surface area contributed by atoms with Crippen LogP contribution in [0.2, 0.25) is 0 Å². The molecule has 0 saturated carbocycles. The zero-order chi connectivity index (χ0) is 24.6. The van der Waals surface area contributed by atoms with Crippen molar-refractivity contribution >= 4 is 18.0 Å². The number of nitrogens with zero attached hydrogens (tertiary/aromatic N) is 2. The van der Waals surface area contributed by atoms with Gasteiger partial charge in [-0.2, -0.15) is 0 Å². The van der Waals surface area contributed by atoms with Crippen LogP contribution in [0.5, 0.6) is 11.5 Å². The Balaban J connectivity index is 0.00000432. The van der Waals surface area contributed by atoms with E-state index in [2.05, 4.69) is 81.8 Å². The Morgan fingerprint density at radius 3 is 2.40 bits per heavy atom. The van der Waals surface area contributed by atoms with Crippen LogP contribution in [0.3, 0.4) is 0 Å². The molecule has 1 unspecified atom stereocenters. The fourth-order valence-electron chi connectivity index (χ4n) is 4.71. The third kappa shape index (κ3) is 7.98. The molecule has 0 radical (unpaired) electrons. The average molecular weight is 501 g/mol. The SMILES string of the molecule is CCCCCCC(C)c1cc(OCCN(CC)CC)c2c(c1)OC(C)(C)C=C2c1ccncc1.Cl. The lowest BCUT2D eigenvalue weighted by Gasteiger charge is -2.33. The highest BCUT2D eigenvalue weighted by Crippen LogP contribution is 2.46. The quantitative estimate of drug-likeness (QED) is 0.262. The smallest absolute Gasteiger partial charge is 0.132 e. The molecule has 5 heteroatoms. The van der Waals surface area contributed by atoms with Crippen molar-refractivity contribution in [1.29, 1.82) is 0 Å². The number of likely N-dealkylation sites (N-methyl/N-ethyl adjacent to an activating group) is 1. The van der Waals surface area contributed by atoms with E-state index in [0.29, 0.717) is 12.5 Å². The Morgan fingerprint density at radius 1 is 1.03 bits per heavy atom. The molecule has 35 heavy (non-hydrogen) atoms. The second-order valence-electron chi connectivity index (χ2n) is 10.0. The molecule has 2 aromatic rings. The van der Waals surface area contributed by atoms with Crippen molar-refractivity contribution in [2.24, 2.45) is 0 Å². The maximum absolute atomic E-state index is 6.53. The monoisotopic (exact) mass is 500 g/mol. The topological polar surface area (TPSA) is 34.6 Å². The lowest BCUT2D eigenvalue weighted by atomic mass is 9.86. The zero-order valence-electron chi connectivity index (χ0n) is 22.6. The number of unbranched alkanes of at least 4 members (excludes halogenated alkanes) is 3. The van der Waals surface area contributed by atoms with Gasteiger partial charge in [0.05, 0.1) is 5.56 Å². The fourth-order valence-corrected chi connectivity index (χ4v) is 4.71. The molecule has 1 aromatic carbocycles. The Morgan fingerprint density at radius 2 is 1.74 bits per heavy atom. The summed E-state index contributed by atoms with van der Waals surface area (Å²) >= 11 is 0. The van der Waals surface area contributed by atoms with Crippen LogP contribution in [-0.2, 0) is 0 Å². The van der Waals surface area contributed by atoms with Crippen molar-refractivity contribution in [3.05, 3.63) is 59.4 Å². The van der Waals surface area contributed by atoms with E-state index in [9.17, 15) is 0 Å². The highest BCUT2D eigenvalue weighted by atomic mass is 35.5. The van der Waals surface area contributed by atoms with E-state index < -0.39 is 5.60 Å². The summed E-state index contributed by atoms with van der Waals surface area (Å²) in [5, 5.41) is 0. The van der Waals surface area contributed by atoms with Crippen molar-refractivity contribution < 1.29 is 9.47 Å². The first-order valence-corrected chi connectivity index (χ1v) is 13.2. The Hall–Kier alpha value is -2.04. The van der Waals surface area contributed by atoms with Gasteiger partial charge in [-0.1, -0.05) is 53.4 Å². The minimum atomic E-state index is -0.396. The van der Waals surface area contributed by atoms with Crippen molar-refractivity contribution in [3.8, 4) is 11.5 Å². The number of ether oxygens (including phenoxy) is 2. The minimum absolute atomic E-state index is 0. The number of hydrogen-bond acceptors (Lipinski definition) is 4. The molecule has 194 valence electrons. The Kier molecular flexibility index (Phi) is 11.6. The molecule has 1 aliphatic heterocycles. The van der Waals surface area contributed by atoms with Crippen LogP contribution < -0.4 is 9.47 Å². The van der Waals surface area contributed by atoms with Crippen LogP contribution in [0.1, 0.15) is 96.3 Å². The molecule has 0 N–H and O–H groups in total. The second-order valence-corrected chi connectivity index (χ2v) is 10.0. The van der Waals surface area contributed by atoms with Gasteiger partial charge in [0.15, 0.2) is 0 Å². The van der Waals surface area contributed by atoms with Gasteiger partial charge < -0.3 is 14.4 Å².